The van der Waals surface area contributed by atoms with Crippen LogP contribution >= 0.6 is 0 Å². The number of ether oxygens (including phenoxy) is 2. The molecule has 2 radical (unpaired) electrons. The molecular weight excluding hydrogens is 571 g/mol. The maximum absolute atomic E-state index is 13.9. The van der Waals surface area contributed by atoms with E-state index < -0.39 is 18.6 Å². The van der Waals surface area contributed by atoms with Crippen LogP contribution in [0.1, 0.15) is 59.2 Å². The van der Waals surface area contributed by atoms with Gasteiger partial charge in [0.25, 0.3) is 0 Å². The van der Waals surface area contributed by atoms with Gasteiger partial charge in [0, 0.05) is 23.6 Å². The Balaban J connectivity index is 1.54. The highest BCUT2D eigenvalue weighted by atomic mass is 19.4. The predicted octanol–water partition coefficient (Wildman–Crippen LogP) is 7.33. The first-order valence-corrected chi connectivity index (χ1v) is 14.2. The zero-order chi connectivity index (χ0) is 31.0. The number of para-hydroxylation sites is 1. The maximum Gasteiger partial charge on any atom is 0.573 e. The highest BCUT2D eigenvalue weighted by Crippen LogP contribution is 2.29. The average molecular weight is 603 g/mol. The molecule has 0 amide bonds. The van der Waals surface area contributed by atoms with Crippen molar-refractivity contribution >= 4 is 19.1 Å². The van der Waals surface area contributed by atoms with Gasteiger partial charge in [-0.1, -0.05) is 60.4 Å². The van der Waals surface area contributed by atoms with Crippen LogP contribution in [0.25, 0.3) is 0 Å². The van der Waals surface area contributed by atoms with Crippen molar-refractivity contribution in [3.05, 3.63) is 89.0 Å². The fourth-order valence-electron chi connectivity index (χ4n) is 5.42. The van der Waals surface area contributed by atoms with Crippen LogP contribution in [0.4, 0.5) is 26.3 Å². The van der Waals surface area contributed by atoms with E-state index in [2.05, 4.69) is 9.47 Å². The monoisotopic (exact) mass is 603 g/mol. The fraction of sp³-hybridized carbons (Fsp3) is 0.406. The lowest BCUT2D eigenvalue weighted by molar-refractivity contribution is -0.275. The minimum absolute atomic E-state index is 0.0478. The summed E-state index contributed by atoms with van der Waals surface area (Å²) in [6, 6.07) is 16.9. The molecule has 43 heavy (non-hydrogen) atoms. The summed E-state index contributed by atoms with van der Waals surface area (Å²) in [4.78, 5) is 16.0. The highest BCUT2D eigenvalue weighted by molar-refractivity contribution is 6.32. The van der Waals surface area contributed by atoms with Crippen LogP contribution in [0.2, 0.25) is 0 Å². The number of alkyl halides is 6. The number of halogens is 6. The van der Waals surface area contributed by atoms with Gasteiger partial charge in [0.15, 0.2) is 5.78 Å². The molecule has 0 bridgehead atoms. The first kappa shape index (κ1) is 32.4. The van der Waals surface area contributed by atoms with Gasteiger partial charge in [-0.05, 0) is 80.9 Å². The topological polar surface area (TPSA) is 38.8 Å². The number of benzene rings is 3. The number of hydrogen-bond acceptors (Lipinski definition) is 4. The molecule has 0 N–H and O–H groups in total. The number of carbonyl (C=O) groups excluding carboxylic acids is 1. The van der Waals surface area contributed by atoms with Crippen molar-refractivity contribution in [1.82, 2.24) is 4.90 Å². The molecule has 4 rings (SSSR count). The number of ketones is 1. The van der Waals surface area contributed by atoms with E-state index in [1.807, 2.05) is 11.0 Å². The third-order valence-electron chi connectivity index (χ3n) is 7.51. The summed E-state index contributed by atoms with van der Waals surface area (Å²) >= 11 is 0. The van der Waals surface area contributed by atoms with Crippen LogP contribution in [0, 0.1) is 5.92 Å². The van der Waals surface area contributed by atoms with E-state index in [1.165, 1.54) is 24.3 Å². The Hall–Kier alpha value is -3.47. The van der Waals surface area contributed by atoms with Gasteiger partial charge in [-0.2, -0.15) is 0 Å². The molecule has 1 heterocycles. The van der Waals surface area contributed by atoms with Crippen LogP contribution in [0.15, 0.2) is 66.7 Å². The summed E-state index contributed by atoms with van der Waals surface area (Å²) in [7, 11) is 6.03. The Morgan fingerprint density at radius 2 is 1.56 bits per heavy atom. The van der Waals surface area contributed by atoms with E-state index in [-0.39, 0.29) is 23.8 Å². The molecular formula is C32H32BF6NO3. The van der Waals surface area contributed by atoms with Crippen molar-refractivity contribution in [2.75, 3.05) is 13.1 Å². The summed E-state index contributed by atoms with van der Waals surface area (Å²) in [6.07, 6.45) is -5.10. The predicted molar refractivity (Wildman–Crippen MR) is 152 cm³/mol. The highest BCUT2D eigenvalue weighted by Gasteiger charge is 2.33. The third-order valence-corrected chi connectivity index (χ3v) is 7.51. The van der Waals surface area contributed by atoms with Gasteiger partial charge in [0.1, 0.15) is 19.3 Å². The van der Waals surface area contributed by atoms with E-state index in [0.717, 1.165) is 30.4 Å². The van der Waals surface area contributed by atoms with Gasteiger partial charge in [0.05, 0.1) is 0 Å². The summed E-state index contributed by atoms with van der Waals surface area (Å²) < 4.78 is 84.9. The number of Topliss-reactive ketones (excluding diaryl/α,β-unsaturated/α-hetero) is 1. The van der Waals surface area contributed by atoms with E-state index >= 15 is 0 Å². The maximum atomic E-state index is 13.9. The van der Waals surface area contributed by atoms with Crippen molar-refractivity contribution in [3.8, 4) is 11.5 Å². The SMILES string of the molecule is [B]c1ccc2c(c1)CCCCCN(Cc1ccccc1OC(F)(F)F)CCC(CCc1ccc(OC(F)(F)F)cc1)C2=O. The van der Waals surface area contributed by atoms with Gasteiger partial charge >= 0.3 is 12.7 Å². The van der Waals surface area contributed by atoms with Crippen LogP contribution in [-0.4, -0.2) is 44.3 Å². The molecule has 228 valence electrons. The van der Waals surface area contributed by atoms with Crippen LogP contribution < -0.4 is 14.9 Å². The van der Waals surface area contributed by atoms with Gasteiger partial charge in [-0.3, -0.25) is 9.69 Å². The van der Waals surface area contributed by atoms with Crippen molar-refractivity contribution in [1.29, 1.82) is 0 Å². The number of rotatable bonds is 7. The second kappa shape index (κ2) is 14.3. The smallest absolute Gasteiger partial charge is 0.406 e. The lowest BCUT2D eigenvalue weighted by Crippen LogP contribution is -2.30. The van der Waals surface area contributed by atoms with Gasteiger partial charge in [0.2, 0.25) is 0 Å². The molecule has 1 unspecified atom stereocenters. The minimum atomic E-state index is -4.82. The number of carbonyl (C=O) groups is 1. The van der Waals surface area contributed by atoms with Crippen LogP contribution in [-0.2, 0) is 19.4 Å². The standard InChI is InChI=1S/C32H32BF6NO3/c33-26-13-16-28-24(20-26)6-2-1-5-18-40(21-25-7-3-4-8-29(25)43-32(37,38)39)19-17-23(30(28)41)12-9-22-10-14-27(15-11-22)42-31(34,35)36/h3-4,7-8,10-11,13-16,20,23H,1-2,5-6,9,12,17-19,21H2. The first-order chi connectivity index (χ1) is 20.4. The van der Waals surface area contributed by atoms with Crippen LogP contribution in [0.5, 0.6) is 11.5 Å². The number of hydrogen-bond donors (Lipinski definition) is 0. The zero-order valence-corrected chi connectivity index (χ0v) is 23.5. The lowest BCUT2D eigenvalue weighted by atomic mass is 9.83. The van der Waals surface area contributed by atoms with Gasteiger partial charge < -0.3 is 9.47 Å². The van der Waals surface area contributed by atoms with Crippen LogP contribution in [0.3, 0.4) is 0 Å². The molecule has 1 aliphatic heterocycles. The summed E-state index contributed by atoms with van der Waals surface area (Å²) in [5.41, 5.74) is 3.21. The van der Waals surface area contributed by atoms with E-state index in [4.69, 9.17) is 7.85 Å². The molecule has 0 saturated heterocycles. The van der Waals surface area contributed by atoms with Crippen molar-refractivity contribution in [2.24, 2.45) is 5.92 Å². The molecule has 3 aromatic rings. The fourth-order valence-corrected chi connectivity index (χ4v) is 5.42. The molecule has 4 nitrogen and oxygen atoms in total. The Morgan fingerprint density at radius 3 is 2.28 bits per heavy atom. The lowest BCUT2D eigenvalue weighted by Gasteiger charge is -2.27. The first-order valence-electron chi connectivity index (χ1n) is 14.2. The van der Waals surface area contributed by atoms with E-state index in [1.54, 1.807) is 36.4 Å². The summed E-state index contributed by atoms with van der Waals surface area (Å²) in [6.45, 7) is 1.31. The van der Waals surface area contributed by atoms with E-state index in [0.29, 0.717) is 55.4 Å². The molecule has 0 aliphatic carbocycles. The largest absolute Gasteiger partial charge is 0.573 e. The molecule has 3 aromatic carbocycles. The summed E-state index contributed by atoms with van der Waals surface area (Å²) in [5.74, 6) is -1.06. The average Bonchev–Trinajstić information content (AvgIpc) is 2.92. The number of nitrogens with zero attached hydrogens (tertiary/aromatic N) is 1. The Kier molecular flexibility index (Phi) is 10.8. The normalized spacial score (nSPS) is 17.4. The quantitative estimate of drug-likeness (QED) is 0.210. The van der Waals surface area contributed by atoms with Crippen molar-refractivity contribution in [3.63, 3.8) is 0 Å². The molecule has 1 atom stereocenters. The third kappa shape index (κ3) is 10.3. The molecule has 0 aromatic heterocycles. The Morgan fingerprint density at radius 1 is 0.837 bits per heavy atom. The minimum Gasteiger partial charge on any atom is -0.406 e. The zero-order valence-electron chi connectivity index (χ0n) is 23.5. The summed E-state index contributed by atoms with van der Waals surface area (Å²) in [5, 5.41) is 0. The van der Waals surface area contributed by atoms with Gasteiger partial charge in [-0.25, -0.2) is 0 Å². The van der Waals surface area contributed by atoms with Crippen molar-refractivity contribution < 1.29 is 40.6 Å². The number of aryl methyl sites for hydroxylation is 2. The molecule has 0 fully saturated rings. The Bertz CT molecular complexity index is 1360. The second-order valence-electron chi connectivity index (χ2n) is 10.7. The molecule has 0 spiro atoms. The molecule has 11 heteroatoms. The van der Waals surface area contributed by atoms with Gasteiger partial charge in [-0.15, -0.1) is 26.3 Å². The second-order valence-corrected chi connectivity index (χ2v) is 10.7. The van der Waals surface area contributed by atoms with E-state index in [9.17, 15) is 31.1 Å². The Labute approximate surface area is 248 Å². The van der Waals surface area contributed by atoms with Crippen molar-refractivity contribution in [2.45, 2.75) is 64.2 Å². The molecule has 0 saturated carbocycles. The number of fused-ring (bicyclic) bond motifs is 1. The molecule has 1 aliphatic rings.